The second-order valence-electron chi connectivity index (χ2n) is 5.67. The van der Waals surface area contributed by atoms with Gasteiger partial charge in [-0.05, 0) is 59.7 Å². The third kappa shape index (κ3) is 2.86. The summed E-state index contributed by atoms with van der Waals surface area (Å²) in [6, 6.07) is 11.5. The number of aliphatic hydroxyl groups is 1. The van der Waals surface area contributed by atoms with Gasteiger partial charge in [-0.3, -0.25) is 0 Å². The van der Waals surface area contributed by atoms with Gasteiger partial charge in [0.05, 0.1) is 6.10 Å². The summed E-state index contributed by atoms with van der Waals surface area (Å²) in [6.45, 7) is 8.13. The number of benzene rings is 2. The Bertz CT molecular complexity index is 596. The monoisotopic (exact) mass is 270 g/mol. The molecule has 2 rings (SSSR count). The van der Waals surface area contributed by atoms with Crippen LogP contribution in [0.1, 0.15) is 49.5 Å². The van der Waals surface area contributed by atoms with Gasteiger partial charge < -0.3 is 10.2 Å². The molecule has 0 amide bonds. The summed E-state index contributed by atoms with van der Waals surface area (Å²) < 4.78 is 0. The fourth-order valence-corrected chi connectivity index (χ4v) is 2.56. The molecule has 0 bridgehead atoms. The molecular formula is C18H22O2. The van der Waals surface area contributed by atoms with Crippen molar-refractivity contribution in [1.82, 2.24) is 0 Å². The van der Waals surface area contributed by atoms with Crippen molar-refractivity contribution in [3.63, 3.8) is 0 Å². The van der Waals surface area contributed by atoms with Crippen LogP contribution in [0, 0.1) is 6.92 Å². The Kier molecular flexibility index (Phi) is 4.15. The number of phenolic OH excluding ortho intramolecular Hbond substituents is 1. The van der Waals surface area contributed by atoms with Crippen LogP contribution in [0.5, 0.6) is 5.75 Å². The van der Waals surface area contributed by atoms with Crippen molar-refractivity contribution in [3.8, 4) is 16.9 Å². The van der Waals surface area contributed by atoms with E-state index in [0.29, 0.717) is 5.92 Å². The zero-order valence-electron chi connectivity index (χ0n) is 12.5. The van der Waals surface area contributed by atoms with Crippen molar-refractivity contribution in [1.29, 1.82) is 0 Å². The van der Waals surface area contributed by atoms with Crippen molar-refractivity contribution in [2.75, 3.05) is 0 Å². The average Bonchev–Trinajstić information content (AvgIpc) is 2.38. The molecule has 2 aromatic carbocycles. The Balaban J connectivity index is 2.62. The van der Waals surface area contributed by atoms with Gasteiger partial charge >= 0.3 is 0 Å². The number of phenols is 1. The second kappa shape index (κ2) is 5.68. The summed E-state index contributed by atoms with van der Waals surface area (Å²) in [7, 11) is 0. The van der Waals surface area contributed by atoms with Gasteiger partial charge in [0, 0.05) is 0 Å². The third-order valence-electron chi connectivity index (χ3n) is 3.69. The van der Waals surface area contributed by atoms with Crippen LogP contribution in [0.15, 0.2) is 36.4 Å². The predicted molar refractivity (Wildman–Crippen MR) is 83.0 cm³/mol. The number of rotatable bonds is 3. The lowest BCUT2D eigenvalue weighted by Gasteiger charge is -2.19. The molecule has 0 aliphatic carbocycles. The molecule has 106 valence electrons. The molecule has 0 aliphatic rings. The Morgan fingerprint density at radius 3 is 2.00 bits per heavy atom. The summed E-state index contributed by atoms with van der Waals surface area (Å²) in [5, 5.41) is 19.3. The quantitative estimate of drug-likeness (QED) is 0.859. The van der Waals surface area contributed by atoms with E-state index >= 15 is 0 Å². The van der Waals surface area contributed by atoms with Crippen molar-refractivity contribution >= 4 is 0 Å². The van der Waals surface area contributed by atoms with Crippen molar-refractivity contribution in [3.05, 3.63) is 53.1 Å². The molecule has 0 saturated carbocycles. The maximum absolute atomic E-state index is 9.88. The van der Waals surface area contributed by atoms with Crippen molar-refractivity contribution in [2.24, 2.45) is 0 Å². The van der Waals surface area contributed by atoms with E-state index in [4.69, 9.17) is 0 Å². The maximum Gasteiger partial charge on any atom is 0.115 e. The zero-order chi connectivity index (χ0) is 14.9. The first-order chi connectivity index (χ1) is 9.40. The molecule has 20 heavy (non-hydrogen) atoms. The van der Waals surface area contributed by atoms with E-state index in [-0.39, 0.29) is 5.75 Å². The number of hydrogen-bond acceptors (Lipinski definition) is 2. The normalized spacial score (nSPS) is 12.7. The van der Waals surface area contributed by atoms with Crippen molar-refractivity contribution in [2.45, 2.75) is 39.7 Å². The highest BCUT2D eigenvalue weighted by Crippen LogP contribution is 2.34. The van der Waals surface area contributed by atoms with Crippen LogP contribution in [0.25, 0.3) is 11.1 Å². The largest absolute Gasteiger partial charge is 0.508 e. The van der Waals surface area contributed by atoms with Gasteiger partial charge in [-0.1, -0.05) is 38.1 Å². The molecule has 0 aromatic heterocycles. The van der Waals surface area contributed by atoms with E-state index in [9.17, 15) is 10.2 Å². The Morgan fingerprint density at radius 2 is 1.50 bits per heavy atom. The lowest BCUT2D eigenvalue weighted by atomic mass is 9.87. The molecule has 1 unspecified atom stereocenters. The standard InChI is InChI=1S/C18H22O2/c1-11(2)16-10-17(13(4)19)12(3)9-18(16)14-5-7-15(20)8-6-14/h5-11,13,19-20H,1-4H3. The molecular weight excluding hydrogens is 248 g/mol. The highest BCUT2D eigenvalue weighted by Gasteiger charge is 2.14. The lowest BCUT2D eigenvalue weighted by Crippen LogP contribution is -2.01. The predicted octanol–water partition coefficient (Wildman–Crippen LogP) is 4.54. The van der Waals surface area contributed by atoms with Crippen molar-refractivity contribution < 1.29 is 10.2 Å². The highest BCUT2D eigenvalue weighted by atomic mass is 16.3. The molecule has 0 fully saturated rings. The molecule has 0 heterocycles. The first-order valence-electron chi connectivity index (χ1n) is 7.02. The van der Waals surface area contributed by atoms with Gasteiger partial charge in [0.15, 0.2) is 0 Å². The van der Waals surface area contributed by atoms with Gasteiger partial charge in [0.1, 0.15) is 5.75 Å². The molecule has 2 heteroatoms. The first-order valence-corrected chi connectivity index (χ1v) is 7.02. The molecule has 0 spiro atoms. The van der Waals surface area contributed by atoms with Gasteiger partial charge in [0.2, 0.25) is 0 Å². The van der Waals surface area contributed by atoms with Gasteiger partial charge in [-0.2, -0.15) is 0 Å². The summed E-state index contributed by atoms with van der Waals surface area (Å²) >= 11 is 0. The fraction of sp³-hybridized carbons (Fsp3) is 0.333. The molecule has 0 saturated heterocycles. The van der Waals surface area contributed by atoms with E-state index in [0.717, 1.165) is 16.7 Å². The minimum atomic E-state index is -0.457. The van der Waals surface area contributed by atoms with Gasteiger partial charge in [0.25, 0.3) is 0 Å². The zero-order valence-corrected chi connectivity index (χ0v) is 12.5. The summed E-state index contributed by atoms with van der Waals surface area (Å²) in [6.07, 6.45) is -0.457. The number of hydrogen-bond donors (Lipinski definition) is 2. The third-order valence-corrected chi connectivity index (χ3v) is 3.69. The van der Waals surface area contributed by atoms with Gasteiger partial charge in [-0.25, -0.2) is 0 Å². The van der Waals surface area contributed by atoms with E-state index in [1.54, 1.807) is 19.1 Å². The molecule has 2 nitrogen and oxygen atoms in total. The van der Waals surface area contributed by atoms with E-state index in [1.807, 2.05) is 19.1 Å². The van der Waals surface area contributed by atoms with Crippen LogP contribution < -0.4 is 0 Å². The van der Waals surface area contributed by atoms with Gasteiger partial charge in [-0.15, -0.1) is 0 Å². The number of aromatic hydroxyl groups is 1. The Morgan fingerprint density at radius 1 is 0.900 bits per heavy atom. The highest BCUT2D eigenvalue weighted by molar-refractivity contribution is 5.70. The Labute approximate surface area is 120 Å². The SMILES string of the molecule is Cc1cc(-c2ccc(O)cc2)c(C(C)C)cc1C(C)O. The van der Waals surface area contributed by atoms with Crippen LogP contribution in [0.2, 0.25) is 0 Å². The molecule has 1 atom stereocenters. The lowest BCUT2D eigenvalue weighted by molar-refractivity contribution is 0.198. The molecule has 2 N–H and O–H groups in total. The second-order valence-corrected chi connectivity index (χ2v) is 5.67. The fourth-order valence-electron chi connectivity index (χ4n) is 2.56. The van der Waals surface area contributed by atoms with E-state index in [2.05, 4.69) is 26.0 Å². The first kappa shape index (κ1) is 14.6. The van der Waals surface area contributed by atoms with Crippen LogP contribution in [0.3, 0.4) is 0 Å². The van der Waals surface area contributed by atoms with E-state index < -0.39 is 6.10 Å². The smallest absolute Gasteiger partial charge is 0.115 e. The minimum absolute atomic E-state index is 0.275. The summed E-state index contributed by atoms with van der Waals surface area (Å²) in [5.41, 5.74) is 5.55. The maximum atomic E-state index is 9.88. The minimum Gasteiger partial charge on any atom is -0.508 e. The van der Waals surface area contributed by atoms with Crippen LogP contribution in [-0.2, 0) is 0 Å². The topological polar surface area (TPSA) is 40.5 Å². The Hall–Kier alpha value is -1.80. The summed E-state index contributed by atoms with van der Waals surface area (Å²) in [5.74, 6) is 0.647. The van der Waals surface area contributed by atoms with E-state index in [1.165, 1.54) is 11.1 Å². The number of aryl methyl sites for hydroxylation is 1. The van der Waals surface area contributed by atoms with Crippen LogP contribution >= 0.6 is 0 Å². The summed E-state index contributed by atoms with van der Waals surface area (Å²) in [4.78, 5) is 0. The molecule has 0 aliphatic heterocycles. The molecule has 0 radical (unpaired) electrons. The molecule has 2 aromatic rings. The average molecular weight is 270 g/mol. The van der Waals surface area contributed by atoms with Crippen LogP contribution in [0.4, 0.5) is 0 Å². The number of aliphatic hydroxyl groups excluding tert-OH is 1. The van der Waals surface area contributed by atoms with Crippen LogP contribution in [-0.4, -0.2) is 10.2 Å².